The Morgan fingerprint density at radius 2 is 1.97 bits per heavy atom. The molecule has 1 aliphatic rings. The maximum absolute atomic E-state index is 8.94. The van der Waals surface area contributed by atoms with Gasteiger partial charge in [-0.2, -0.15) is 27.3 Å². The summed E-state index contributed by atoms with van der Waals surface area (Å²) in [6.07, 6.45) is 5.66. The van der Waals surface area contributed by atoms with Crippen LogP contribution in [0, 0.1) is 36.5 Å². The number of hydrogen-bond donors (Lipinski definition) is 1. The molecule has 0 saturated heterocycles. The third-order valence-electron chi connectivity index (χ3n) is 4.95. The Balaban J connectivity index is 1.69. The normalized spacial score (nSPS) is 12.6. The van der Waals surface area contributed by atoms with Gasteiger partial charge in [-0.15, -0.1) is 0 Å². The minimum atomic E-state index is 0.349. The lowest BCUT2D eigenvalue weighted by molar-refractivity contribution is 0.449. The zero-order valence-electron chi connectivity index (χ0n) is 17.7. The first-order chi connectivity index (χ1) is 15.6. The molecule has 7 nitrogen and oxygen atoms in total. The van der Waals surface area contributed by atoms with E-state index in [9.17, 15) is 0 Å². The highest BCUT2D eigenvalue weighted by atomic mass is 32.2. The van der Waals surface area contributed by atoms with E-state index in [1.807, 2.05) is 49.9 Å². The van der Waals surface area contributed by atoms with E-state index in [-0.39, 0.29) is 0 Å². The second-order valence-electron chi connectivity index (χ2n) is 7.30. The van der Waals surface area contributed by atoms with Crippen molar-refractivity contribution in [2.75, 3.05) is 11.1 Å². The molecule has 158 valence electrons. The molecule has 3 heterocycles. The fourth-order valence-corrected chi connectivity index (χ4v) is 4.45. The first-order valence-electron chi connectivity index (χ1n) is 10.0. The highest BCUT2D eigenvalue weighted by Gasteiger charge is 2.21. The molecule has 3 aromatic rings. The minimum absolute atomic E-state index is 0.349. The Bertz CT molecular complexity index is 1250. The topological polar surface area (TPSA) is 108 Å². The van der Waals surface area contributed by atoms with Gasteiger partial charge in [-0.25, -0.2) is 9.97 Å². The van der Waals surface area contributed by atoms with Crippen molar-refractivity contribution in [2.45, 2.75) is 26.0 Å². The number of thioether (sulfide) groups is 1. The van der Waals surface area contributed by atoms with Gasteiger partial charge in [-0.3, -0.25) is 0 Å². The maximum Gasteiger partial charge on any atom is 0.230 e. The van der Waals surface area contributed by atoms with Crippen molar-refractivity contribution in [2.24, 2.45) is 0 Å². The van der Waals surface area contributed by atoms with Crippen molar-refractivity contribution >= 4 is 29.5 Å². The molecule has 1 aliphatic heterocycles. The van der Waals surface area contributed by atoms with E-state index < -0.39 is 0 Å². The Morgan fingerprint density at radius 1 is 1.16 bits per heavy atom. The fraction of sp³-hybridized carbons (Fsp3) is 0.208. The van der Waals surface area contributed by atoms with Gasteiger partial charge in [0.05, 0.1) is 23.6 Å². The van der Waals surface area contributed by atoms with Gasteiger partial charge in [0.15, 0.2) is 0 Å². The van der Waals surface area contributed by atoms with Crippen LogP contribution in [0.25, 0.3) is 6.08 Å². The molecule has 32 heavy (non-hydrogen) atoms. The van der Waals surface area contributed by atoms with E-state index in [0.717, 1.165) is 51.6 Å². The third-order valence-corrected chi connectivity index (χ3v) is 5.94. The molecule has 2 aromatic heterocycles. The predicted molar refractivity (Wildman–Crippen MR) is 125 cm³/mol. The lowest BCUT2D eigenvalue weighted by Crippen LogP contribution is -2.11. The van der Waals surface area contributed by atoms with Gasteiger partial charge in [-0.1, -0.05) is 0 Å². The first-order valence-corrected chi connectivity index (χ1v) is 11.2. The average Bonchev–Trinajstić information content (AvgIpc) is 2.80. The number of benzene rings is 1. The Kier molecular flexibility index (Phi) is 6.34. The molecule has 0 spiro atoms. The molecule has 0 atom stereocenters. The summed E-state index contributed by atoms with van der Waals surface area (Å²) in [5.74, 6) is 3.52. The minimum Gasteiger partial charge on any atom is -0.438 e. The highest BCUT2D eigenvalue weighted by Crippen LogP contribution is 2.36. The van der Waals surface area contributed by atoms with Crippen LogP contribution in [0.3, 0.4) is 0 Å². The van der Waals surface area contributed by atoms with E-state index >= 15 is 0 Å². The third kappa shape index (κ3) is 4.72. The molecule has 4 rings (SSSR count). The maximum atomic E-state index is 8.94. The number of nitrogens with zero attached hydrogens (tertiary/aromatic N) is 5. The smallest absolute Gasteiger partial charge is 0.230 e. The fourth-order valence-electron chi connectivity index (χ4n) is 3.48. The van der Waals surface area contributed by atoms with Crippen LogP contribution >= 0.6 is 11.8 Å². The standard InChI is InChI=1S/C24H20N6OS/c1-15-10-17(4-3-8-25)11-16(2)22(15)31-23-20-14-32-9-7-21(20)29-24(30-23)28-19-6-5-18(12-26)27-13-19/h3-6,10-11,13H,7,9,14H2,1-2H3,(H,28,29,30)/b4-3+. The van der Waals surface area contributed by atoms with Crippen LogP contribution in [-0.4, -0.2) is 20.7 Å². The largest absolute Gasteiger partial charge is 0.438 e. The molecular formula is C24H20N6OS. The number of ether oxygens (including phenoxy) is 1. The summed E-state index contributed by atoms with van der Waals surface area (Å²) in [5.41, 5.74) is 5.90. The van der Waals surface area contributed by atoms with Gasteiger partial charge in [0.25, 0.3) is 0 Å². The van der Waals surface area contributed by atoms with Crippen molar-refractivity contribution < 1.29 is 4.74 Å². The number of fused-ring (bicyclic) bond motifs is 1. The Hall–Kier alpha value is -3.88. The van der Waals surface area contributed by atoms with Crippen LogP contribution in [0.1, 0.15) is 33.6 Å². The van der Waals surface area contributed by atoms with E-state index in [2.05, 4.69) is 15.3 Å². The van der Waals surface area contributed by atoms with Crippen molar-refractivity contribution in [1.29, 1.82) is 10.5 Å². The van der Waals surface area contributed by atoms with E-state index in [1.165, 1.54) is 6.08 Å². The van der Waals surface area contributed by atoms with Gasteiger partial charge in [-0.05, 0) is 73.1 Å². The van der Waals surface area contributed by atoms with Crippen LogP contribution in [0.4, 0.5) is 11.6 Å². The van der Waals surface area contributed by atoms with Crippen LogP contribution in [0.5, 0.6) is 11.6 Å². The van der Waals surface area contributed by atoms with E-state index in [0.29, 0.717) is 23.2 Å². The molecule has 1 aromatic carbocycles. The lowest BCUT2D eigenvalue weighted by Gasteiger charge is -2.20. The number of nitrogens with one attached hydrogen (secondary N) is 1. The molecule has 8 heteroatoms. The number of aryl methyl sites for hydroxylation is 3. The quantitative estimate of drug-likeness (QED) is 0.538. The van der Waals surface area contributed by atoms with E-state index in [4.69, 9.17) is 20.2 Å². The van der Waals surface area contributed by atoms with E-state index in [1.54, 1.807) is 24.4 Å². The molecule has 0 bridgehead atoms. The Morgan fingerprint density at radius 3 is 2.66 bits per heavy atom. The first kappa shape index (κ1) is 21.4. The molecule has 0 saturated carbocycles. The number of nitriles is 2. The van der Waals surface area contributed by atoms with Crippen LogP contribution < -0.4 is 10.1 Å². The Labute approximate surface area is 190 Å². The number of aromatic nitrogens is 3. The molecule has 0 unspecified atom stereocenters. The second kappa shape index (κ2) is 9.51. The molecular weight excluding hydrogens is 420 g/mol. The average molecular weight is 441 g/mol. The lowest BCUT2D eigenvalue weighted by atomic mass is 10.1. The number of allylic oxidation sites excluding steroid dienone is 1. The van der Waals surface area contributed by atoms with Gasteiger partial charge in [0, 0.05) is 17.4 Å². The van der Waals surface area contributed by atoms with Crippen molar-refractivity contribution in [1.82, 2.24) is 15.0 Å². The van der Waals surface area contributed by atoms with Crippen molar-refractivity contribution in [3.8, 4) is 23.8 Å². The van der Waals surface area contributed by atoms with Crippen LogP contribution in [0.2, 0.25) is 0 Å². The van der Waals surface area contributed by atoms with Gasteiger partial charge in [0.2, 0.25) is 11.8 Å². The van der Waals surface area contributed by atoms with Crippen LogP contribution in [-0.2, 0) is 12.2 Å². The summed E-state index contributed by atoms with van der Waals surface area (Å²) >= 11 is 1.84. The van der Waals surface area contributed by atoms with Gasteiger partial charge >= 0.3 is 0 Å². The summed E-state index contributed by atoms with van der Waals surface area (Å²) in [4.78, 5) is 13.4. The van der Waals surface area contributed by atoms with Crippen molar-refractivity contribution in [3.05, 3.63) is 70.2 Å². The molecule has 0 aliphatic carbocycles. The number of rotatable bonds is 5. The summed E-state index contributed by atoms with van der Waals surface area (Å²) in [7, 11) is 0. The molecule has 0 amide bonds. The van der Waals surface area contributed by atoms with Gasteiger partial charge in [0.1, 0.15) is 17.5 Å². The highest BCUT2D eigenvalue weighted by molar-refractivity contribution is 7.98. The summed E-state index contributed by atoms with van der Waals surface area (Å²) in [5, 5.41) is 20.9. The van der Waals surface area contributed by atoms with Crippen molar-refractivity contribution in [3.63, 3.8) is 0 Å². The summed E-state index contributed by atoms with van der Waals surface area (Å²) < 4.78 is 6.36. The van der Waals surface area contributed by atoms with Crippen LogP contribution in [0.15, 0.2) is 36.5 Å². The molecule has 0 radical (unpaired) electrons. The summed E-state index contributed by atoms with van der Waals surface area (Å²) in [6.45, 7) is 3.96. The molecule has 0 fully saturated rings. The predicted octanol–water partition coefficient (Wildman–Crippen LogP) is 5.22. The SMILES string of the molecule is Cc1cc(/C=C/C#N)cc(C)c1Oc1nc(Nc2ccc(C#N)nc2)nc2c1CSCC2. The zero-order chi connectivity index (χ0) is 22.5. The van der Waals surface area contributed by atoms with Gasteiger partial charge < -0.3 is 10.1 Å². The number of pyridine rings is 1. The summed E-state index contributed by atoms with van der Waals surface area (Å²) in [6, 6.07) is 11.4. The monoisotopic (exact) mass is 440 g/mol. The number of anilines is 2. The zero-order valence-corrected chi connectivity index (χ0v) is 18.5. The number of hydrogen-bond acceptors (Lipinski definition) is 8. The second-order valence-corrected chi connectivity index (χ2v) is 8.40. The molecule has 1 N–H and O–H groups in total.